The third-order valence-electron chi connectivity index (χ3n) is 3.86. The molecule has 0 aliphatic heterocycles. The molecule has 3 nitrogen and oxygen atoms in total. The molecule has 0 radical (unpaired) electrons. The number of hydrogen-bond donors (Lipinski definition) is 1. The summed E-state index contributed by atoms with van der Waals surface area (Å²) >= 11 is 0. The van der Waals surface area contributed by atoms with E-state index in [1.54, 1.807) is 6.92 Å². The summed E-state index contributed by atoms with van der Waals surface area (Å²) in [6, 6.07) is 8.26. The van der Waals surface area contributed by atoms with Crippen LogP contribution in [0.1, 0.15) is 43.7 Å². The molecule has 2 atom stereocenters. The lowest BCUT2D eigenvalue weighted by Crippen LogP contribution is -2.40. The van der Waals surface area contributed by atoms with Crippen LogP contribution in [0.4, 0.5) is 0 Å². The fourth-order valence-electron chi connectivity index (χ4n) is 2.60. The van der Waals surface area contributed by atoms with Gasteiger partial charge in [-0.05, 0) is 32.3 Å². The summed E-state index contributed by atoms with van der Waals surface area (Å²) in [5.74, 6) is 0.379. The first kappa shape index (κ1) is 15.2. The molecule has 1 fully saturated rings. The summed E-state index contributed by atoms with van der Waals surface area (Å²) in [4.78, 5) is 12.1. The van der Waals surface area contributed by atoms with E-state index in [0.717, 1.165) is 24.0 Å². The predicted molar refractivity (Wildman–Crippen MR) is 82.9 cm³/mol. The number of amides is 1. The number of hydrogen-bond acceptors (Lipinski definition) is 2. The van der Waals surface area contributed by atoms with Crippen LogP contribution in [0.3, 0.4) is 0 Å². The minimum Gasteiger partial charge on any atom is -0.352 e. The van der Waals surface area contributed by atoms with Crippen molar-refractivity contribution >= 4 is 16.7 Å². The average molecular weight is 293 g/mol. The van der Waals surface area contributed by atoms with E-state index in [4.69, 9.17) is 0 Å². The Morgan fingerprint density at radius 3 is 2.75 bits per heavy atom. The van der Waals surface area contributed by atoms with Gasteiger partial charge in [0.05, 0.1) is 0 Å². The number of benzene rings is 1. The van der Waals surface area contributed by atoms with E-state index < -0.39 is 16.0 Å². The molecular formula is C16H23NO2S. The maximum atomic E-state index is 12.3. The van der Waals surface area contributed by atoms with Crippen LogP contribution in [0, 0.1) is 6.92 Å². The highest BCUT2D eigenvalue weighted by Gasteiger charge is 2.24. The summed E-state index contributed by atoms with van der Waals surface area (Å²) in [5, 5.41) is 2.58. The number of aryl methyl sites for hydroxylation is 1. The van der Waals surface area contributed by atoms with Crippen LogP contribution >= 0.6 is 0 Å². The molecule has 0 unspecified atom stereocenters. The van der Waals surface area contributed by atoms with E-state index in [0.29, 0.717) is 11.8 Å². The Balaban J connectivity index is 1.89. The van der Waals surface area contributed by atoms with Crippen molar-refractivity contribution in [2.75, 3.05) is 0 Å². The van der Waals surface area contributed by atoms with Crippen LogP contribution in [0.2, 0.25) is 0 Å². The molecule has 0 bridgehead atoms. The molecule has 1 aliphatic rings. The van der Waals surface area contributed by atoms with Crippen molar-refractivity contribution in [3.63, 3.8) is 0 Å². The first-order valence-corrected chi connectivity index (χ1v) is 8.67. The maximum Gasteiger partial charge on any atom is 0.235 e. The highest BCUT2D eigenvalue weighted by Crippen LogP contribution is 2.18. The van der Waals surface area contributed by atoms with Gasteiger partial charge in [-0.15, -0.1) is 0 Å². The molecule has 1 saturated carbocycles. The quantitative estimate of drug-likeness (QED) is 0.907. The van der Waals surface area contributed by atoms with Crippen molar-refractivity contribution in [1.82, 2.24) is 5.32 Å². The highest BCUT2D eigenvalue weighted by atomic mass is 32.2. The highest BCUT2D eigenvalue weighted by molar-refractivity contribution is 7.85. The molecule has 4 heteroatoms. The number of carbonyl (C=O) groups is 1. The number of carbonyl (C=O) groups excluding carboxylic acids is 1. The second-order valence-corrected chi connectivity index (χ2v) is 7.40. The fraction of sp³-hybridized carbons (Fsp3) is 0.562. The van der Waals surface area contributed by atoms with Gasteiger partial charge in [-0.1, -0.05) is 42.7 Å². The Hall–Kier alpha value is -1.16. The van der Waals surface area contributed by atoms with Crippen LogP contribution in [-0.4, -0.2) is 21.4 Å². The summed E-state index contributed by atoms with van der Waals surface area (Å²) in [5.41, 5.74) is 2.19. The molecule has 1 amide bonds. The average Bonchev–Trinajstić information content (AvgIpc) is 2.90. The van der Waals surface area contributed by atoms with E-state index in [9.17, 15) is 9.00 Å². The zero-order valence-electron chi connectivity index (χ0n) is 12.2. The zero-order chi connectivity index (χ0) is 14.5. The lowest BCUT2D eigenvalue weighted by atomic mass is 10.2. The molecule has 20 heavy (non-hydrogen) atoms. The van der Waals surface area contributed by atoms with Crippen molar-refractivity contribution in [2.24, 2.45) is 0 Å². The lowest BCUT2D eigenvalue weighted by Gasteiger charge is -2.16. The summed E-state index contributed by atoms with van der Waals surface area (Å²) in [6.45, 7) is 3.78. The lowest BCUT2D eigenvalue weighted by molar-refractivity contribution is -0.121. The van der Waals surface area contributed by atoms with Crippen LogP contribution in [0.25, 0.3) is 0 Å². The Kier molecular flexibility index (Phi) is 5.35. The van der Waals surface area contributed by atoms with Gasteiger partial charge in [-0.2, -0.15) is 0 Å². The molecule has 110 valence electrons. The zero-order valence-corrected chi connectivity index (χ0v) is 13.0. The fourth-order valence-corrected chi connectivity index (χ4v) is 3.66. The monoisotopic (exact) mass is 293 g/mol. The molecule has 0 saturated heterocycles. The normalized spacial score (nSPS) is 18.7. The third kappa shape index (κ3) is 4.17. The second kappa shape index (κ2) is 7.02. The molecule has 1 N–H and O–H groups in total. The first-order valence-electron chi connectivity index (χ1n) is 7.29. The number of rotatable bonds is 5. The molecule has 1 aliphatic carbocycles. The van der Waals surface area contributed by atoms with E-state index in [1.165, 1.54) is 12.8 Å². The van der Waals surface area contributed by atoms with Gasteiger partial charge >= 0.3 is 0 Å². The predicted octanol–water partition coefficient (Wildman–Crippen LogP) is 2.69. The summed E-state index contributed by atoms with van der Waals surface area (Å²) in [7, 11) is -1.17. The molecule has 2 rings (SSSR count). The van der Waals surface area contributed by atoms with Gasteiger partial charge in [0.25, 0.3) is 0 Å². The summed E-state index contributed by atoms with van der Waals surface area (Å²) < 4.78 is 12.3. The van der Waals surface area contributed by atoms with Crippen LogP contribution < -0.4 is 5.32 Å². The van der Waals surface area contributed by atoms with Crippen molar-refractivity contribution in [3.05, 3.63) is 35.4 Å². The molecule has 0 heterocycles. The van der Waals surface area contributed by atoms with E-state index in [-0.39, 0.29) is 5.91 Å². The van der Waals surface area contributed by atoms with Crippen molar-refractivity contribution in [1.29, 1.82) is 0 Å². The van der Waals surface area contributed by atoms with Gasteiger partial charge in [0.15, 0.2) is 0 Å². The van der Waals surface area contributed by atoms with Crippen LogP contribution in [-0.2, 0) is 21.3 Å². The Labute approximate surface area is 123 Å². The third-order valence-corrected chi connectivity index (χ3v) is 5.48. The first-order chi connectivity index (χ1) is 9.56. The van der Waals surface area contributed by atoms with Gasteiger partial charge in [-0.25, -0.2) is 0 Å². The van der Waals surface area contributed by atoms with Gasteiger partial charge in [-0.3, -0.25) is 9.00 Å². The Morgan fingerprint density at radius 1 is 1.40 bits per heavy atom. The minimum atomic E-state index is -1.17. The van der Waals surface area contributed by atoms with Crippen LogP contribution in [0.15, 0.2) is 24.3 Å². The largest absolute Gasteiger partial charge is 0.352 e. The molecule has 1 aromatic rings. The molecule has 0 spiro atoms. The van der Waals surface area contributed by atoms with E-state index in [1.807, 2.05) is 31.2 Å². The summed E-state index contributed by atoms with van der Waals surface area (Å²) in [6.07, 6.45) is 4.49. The Bertz CT molecular complexity index is 495. The molecule has 1 aromatic carbocycles. The van der Waals surface area contributed by atoms with E-state index in [2.05, 4.69) is 5.32 Å². The SMILES string of the molecule is Cc1cccc(C[S@](=O)[C@@H](C)C(=O)NC2CCCC2)c1. The maximum absolute atomic E-state index is 12.3. The van der Waals surface area contributed by atoms with Gasteiger partial charge in [0.2, 0.25) is 5.91 Å². The van der Waals surface area contributed by atoms with Gasteiger partial charge < -0.3 is 5.32 Å². The van der Waals surface area contributed by atoms with Gasteiger partial charge in [0, 0.05) is 22.6 Å². The topological polar surface area (TPSA) is 46.2 Å². The molecule has 0 aromatic heterocycles. The van der Waals surface area contributed by atoms with Crippen molar-refractivity contribution in [2.45, 2.75) is 56.6 Å². The van der Waals surface area contributed by atoms with Crippen molar-refractivity contribution < 1.29 is 9.00 Å². The van der Waals surface area contributed by atoms with E-state index >= 15 is 0 Å². The minimum absolute atomic E-state index is 0.0668. The molecular weight excluding hydrogens is 270 g/mol. The smallest absolute Gasteiger partial charge is 0.235 e. The second-order valence-electron chi connectivity index (χ2n) is 5.65. The number of nitrogens with one attached hydrogen (secondary N) is 1. The Morgan fingerprint density at radius 2 is 2.10 bits per heavy atom. The van der Waals surface area contributed by atoms with Crippen LogP contribution in [0.5, 0.6) is 0 Å². The van der Waals surface area contributed by atoms with Crippen molar-refractivity contribution in [3.8, 4) is 0 Å². The standard InChI is InChI=1S/C16H23NO2S/c1-12-6-5-7-14(10-12)11-20(19)13(2)16(18)17-15-8-3-4-9-15/h5-7,10,13,15H,3-4,8-9,11H2,1-2H3,(H,17,18)/t13-,20-/m0/s1. The van der Waals surface area contributed by atoms with Gasteiger partial charge in [0.1, 0.15) is 5.25 Å².